The van der Waals surface area contributed by atoms with Crippen molar-refractivity contribution < 1.29 is 27.9 Å². The number of halogens is 3. The minimum Gasteiger partial charge on any atom is -0.475 e. The molecule has 2 heterocycles. The van der Waals surface area contributed by atoms with Gasteiger partial charge in [0.1, 0.15) is 0 Å². The zero-order valence-corrected chi connectivity index (χ0v) is 19.9. The van der Waals surface area contributed by atoms with Crippen molar-refractivity contribution in [2.45, 2.75) is 44.9 Å². The van der Waals surface area contributed by atoms with Crippen LogP contribution < -0.4 is 21.6 Å². The van der Waals surface area contributed by atoms with Crippen molar-refractivity contribution in [1.29, 1.82) is 0 Å². The molecule has 2 aromatic carbocycles. The maximum atomic E-state index is 12.2. The van der Waals surface area contributed by atoms with Gasteiger partial charge in [-0.2, -0.15) is 17.9 Å². The van der Waals surface area contributed by atoms with Crippen molar-refractivity contribution >= 4 is 23.5 Å². The summed E-state index contributed by atoms with van der Waals surface area (Å²) in [4.78, 5) is 35.9. The number of hydrogen-bond acceptors (Lipinski definition) is 6. The van der Waals surface area contributed by atoms with Gasteiger partial charge in [-0.15, -0.1) is 5.10 Å². The second-order valence-corrected chi connectivity index (χ2v) is 8.37. The molecule has 0 bridgehead atoms. The van der Waals surface area contributed by atoms with Gasteiger partial charge in [0, 0.05) is 18.8 Å². The van der Waals surface area contributed by atoms with Gasteiger partial charge in [0.2, 0.25) is 11.9 Å². The minimum atomic E-state index is -5.08. The van der Waals surface area contributed by atoms with Gasteiger partial charge >= 0.3 is 17.8 Å². The number of nitrogens with zero attached hydrogens (tertiary/aromatic N) is 2. The lowest BCUT2D eigenvalue weighted by molar-refractivity contribution is -0.192. The number of benzene rings is 2. The molecule has 13 heteroatoms. The highest BCUT2D eigenvalue weighted by atomic mass is 19.4. The van der Waals surface area contributed by atoms with E-state index < -0.39 is 12.1 Å². The molecule has 1 atom stereocenters. The topological polar surface area (TPSA) is 141 Å². The Labute approximate surface area is 209 Å². The number of carbonyl (C=O) groups excluding carboxylic acids is 1. The SMILES string of the molecule is Cc1cccc(-n2nc(Nc3ccc(CN[C@H]4CCCCNC4=O)cc3)[nH]c2=O)c1.O=C(O)C(F)(F)F. The average Bonchev–Trinajstić information content (AvgIpc) is 3.07. The summed E-state index contributed by atoms with van der Waals surface area (Å²) in [6.45, 7) is 3.36. The second-order valence-electron chi connectivity index (χ2n) is 8.37. The molecule has 0 unspecified atom stereocenters. The van der Waals surface area contributed by atoms with E-state index in [9.17, 15) is 22.8 Å². The normalized spacial score (nSPS) is 15.7. The minimum absolute atomic E-state index is 0.0823. The average molecular weight is 521 g/mol. The number of aliphatic carboxylic acids is 1. The largest absolute Gasteiger partial charge is 0.490 e. The van der Waals surface area contributed by atoms with E-state index in [1.165, 1.54) is 4.68 Å². The number of aromatic amines is 1. The van der Waals surface area contributed by atoms with E-state index in [4.69, 9.17) is 9.90 Å². The maximum Gasteiger partial charge on any atom is 0.490 e. The quantitative estimate of drug-likeness (QED) is 0.337. The van der Waals surface area contributed by atoms with E-state index in [-0.39, 0.29) is 17.6 Å². The van der Waals surface area contributed by atoms with Crippen LogP contribution in [0.5, 0.6) is 0 Å². The number of alkyl halides is 3. The van der Waals surface area contributed by atoms with Crippen LogP contribution in [0.15, 0.2) is 53.3 Å². The van der Waals surface area contributed by atoms with Crippen LogP contribution >= 0.6 is 0 Å². The molecule has 0 saturated carbocycles. The predicted octanol–water partition coefficient (Wildman–Crippen LogP) is 3.00. The number of H-pyrrole nitrogens is 1. The zero-order chi connectivity index (χ0) is 27.0. The first-order chi connectivity index (χ1) is 17.5. The van der Waals surface area contributed by atoms with Crippen molar-refractivity contribution in [2.24, 2.45) is 0 Å². The standard InChI is InChI=1S/C22H26N6O2.C2HF3O2/c1-15-5-4-6-18(13-15)28-22(30)26-21(27-28)25-17-10-8-16(9-11-17)14-24-19-7-2-3-12-23-20(19)29;3-2(4,5)1(6)7/h4-6,8-11,13,19,24H,2-3,7,12,14H2,1H3,(H,23,29)(H2,25,26,27,30);(H,6,7)/t19-;/m0./s1. The van der Waals surface area contributed by atoms with Gasteiger partial charge in [-0.3, -0.25) is 9.78 Å². The zero-order valence-electron chi connectivity index (χ0n) is 19.9. The Morgan fingerprint density at radius 1 is 1.16 bits per heavy atom. The van der Waals surface area contributed by atoms with E-state index in [1.54, 1.807) is 0 Å². The van der Waals surface area contributed by atoms with Gasteiger partial charge in [-0.05, 0) is 61.6 Å². The molecule has 1 aromatic heterocycles. The number of rotatable bonds is 6. The number of aromatic nitrogens is 3. The Bertz CT molecular complexity index is 1270. The van der Waals surface area contributed by atoms with Gasteiger partial charge in [0.05, 0.1) is 11.7 Å². The number of aryl methyl sites for hydroxylation is 1. The number of carboxylic acids is 1. The summed E-state index contributed by atoms with van der Waals surface area (Å²) in [6, 6.07) is 15.3. The molecule has 5 N–H and O–H groups in total. The Morgan fingerprint density at radius 2 is 1.86 bits per heavy atom. The lowest BCUT2D eigenvalue weighted by Crippen LogP contribution is -2.42. The molecule has 1 aliphatic heterocycles. The maximum absolute atomic E-state index is 12.2. The third-order valence-corrected chi connectivity index (χ3v) is 5.41. The Hall–Kier alpha value is -4.13. The fraction of sp³-hybridized carbons (Fsp3) is 0.333. The highest BCUT2D eigenvalue weighted by molar-refractivity contribution is 5.81. The summed E-state index contributed by atoms with van der Waals surface area (Å²) in [5.74, 6) is -2.30. The van der Waals surface area contributed by atoms with Gasteiger partial charge in [0.15, 0.2) is 0 Å². The molecular weight excluding hydrogens is 493 g/mol. The van der Waals surface area contributed by atoms with Crippen LogP contribution in [0.25, 0.3) is 5.69 Å². The molecular formula is C24H27F3N6O4. The summed E-state index contributed by atoms with van der Waals surface area (Å²) < 4.78 is 33.1. The van der Waals surface area contributed by atoms with Crippen molar-refractivity contribution in [1.82, 2.24) is 25.4 Å². The predicted molar refractivity (Wildman–Crippen MR) is 130 cm³/mol. The molecule has 1 amide bonds. The van der Waals surface area contributed by atoms with Crippen LogP contribution in [0.3, 0.4) is 0 Å². The van der Waals surface area contributed by atoms with E-state index in [0.717, 1.165) is 42.6 Å². The summed E-state index contributed by atoms with van der Waals surface area (Å²) >= 11 is 0. The summed E-state index contributed by atoms with van der Waals surface area (Å²) in [6.07, 6.45) is -2.14. The number of nitrogens with one attached hydrogen (secondary N) is 4. The number of hydrogen-bond donors (Lipinski definition) is 5. The molecule has 37 heavy (non-hydrogen) atoms. The monoisotopic (exact) mass is 520 g/mol. The highest BCUT2D eigenvalue weighted by Crippen LogP contribution is 2.15. The lowest BCUT2D eigenvalue weighted by atomic mass is 10.1. The van der Waals surface area contributed by atoms with Gasteiger partial charge < -0.3 is 21.1 Å². The molecule has 1 fully saturated rings. The smallest absolute Gasteiger partial charge is 0.475 e. The van der Waals surface area contributed by atoms with E-state index in [2.05, 4.69) is 26.0 Å². The molecule has 0 spiro atoms. The van der Waals surface area contributed by atoms with Crippen molar-refractivity contribution in [3.05, 3.63) is 70.1 Å². The van der Waals surface area contributed by atoms with Gasteiger partial charge in [-0.1, -0.05) is 24.3 Å². The van der Waals surface area contributed by atoms with Crippen LogP contribution in [0.2, 0.25) is 0 Å². The van der Waals surface area contributed by atoms with Crippen LogP contribution in [0.1, 0.15) is 30.4 Å². The number of carbonyl (C=O) groups is 2. The second kappa shape index (κ2) is 12.2. The molecule has 0 radical (unpaired) electrons. The lowest BCUT2D eigenvalue weighted by Gasteiger charge is -2.15. The van der Waals surface area contributed by atoms with Crippen LogP contribution in [-0.4, -0.2) is 50.5 Å². The van der Waals surface area contributed by atoms with Crippen molar-refractivity contribution in [2.75, 3.05) is 11.9 Å². The first-order valence-corrected chi connectivity index (χ1v) is 11.5. The van der Waals surface area contributed by atoms with E-state index in [1.807, 2.05) is 55.5 Å². The van der Waals surface area contributed by atoms with Crippen LogP contribution in [0, 0.1) is 6.92 Å². The van der Waals surface area contributed by atoms with Gasteiger partial charge in [-0.25, -0.2) is 9.59 Å². The summed E-state index contributed by atoms with van der Waals surface area (Å²) in [7, 11) is 0. The molecule has 1 aliphatic rings. The third-order valence-electron chi connectivity index (χ3n) is 5.41. The van der Waals surface area contributed by atoms with Crippen LogP contribution in [0.4, 0.5) is 24.8 Å². The summed E-state index contributed by atoms with van der Waals surface area (Å²) in [5, 5.41) is 20.9. The van der Waals surface area contributed by atoms with Crippen molar-refractivity contribution in [3.63, 3.8) is 0 Å². The van der Waals surface area contributed by atoms with Gasteiger partial charge in [0.25, 0.3) is 0 Å². The van der Waals surface area contributed by atoms with E-state index >= 15 is 0 Å². The van der Waals surface area contributed by atoms with E-state index in [0.29, 0.717) is 18.2 Å². The molecule has 4 rings (SSSR count). The van der Waals surface area contributed by atoms with Crippen LogP contribution in [-0.2, 0) is 16.1 Å². The number of carboxylic acid groups (broad SMARTS) is 1. The molecule has 0 aliphatic carbocycles. The first kappa shape index (κ1) is 27.5. The Kier molecular flexibility index (Phi) is 9.06. The molecule has 10 nitrogen and oxygen atoms in total. The Morgan fingerprint density at radius 3 is 2.51 bits per heavy atom. The highest BCUT2D eigenvalue weighted by Gasteiger charge is 2.38. The fourth-order valence-corrected chi connectivity index (χ4v) is 3.53. The number of amides is 1. The first-order valence-electron chi connectivity index (χ1n) is 11.5. The third kappa shape index (κ3) is 8.20. The molecule has 1 saturated heterocycles. The Balaban J connectivity index is 0.000000479. The number of anilines is 2. The molecule has 198 valence electrons. The molecule has 3 aromatic rings. The fourth-order valence-electron chi connectivity index (χ4n) is 3.53. The summed E-state index contributed by atoms with van der Waals surface area (Å²) in [5.41, 5.74) is 3.37. The van der Waals surface area contributed by atoms with Crippen molar-refractivity contribution in [3.8, 4) is 5.69 Å².